The van der Waals surface area contributed by atoms with E-state index in [4.69, 9.17) is 4.42 Å². The summed E-state index contributed by atoms with van der Waals surface area (Å²) in [6.45, 7) is 1.47. The second kappa shape index (κ2) is 8.81. The van der Waals surface area contributed by atoms with Gasteiger partial charge in [-0.2, -0.15) is 11.8 Å². The molecule has 0 bridgehead atoms. The van der Waals surface area contributed by atoms with Crippen molar-refractivity contribution in [3.8, 4) is 0 Å². The first-order chi connectivity index (χ1) is 12.9. The lowest BCUT2D eigenvalue weighted by Crippen LogP contribution is -2.40. The molecule has 1 aromatic heterocycles. The molecule has 146 valence electrons. The summed E-state index contributed by atoms with van der Waals surface area (Å²) in [5.74, 6) is 3.75. The number of guanidine groups is 1. The molecule has 2 heterocycles. The summed E-state index contributed by atoms with van der Waals surface area (Å²) >= 11 is 1.70. The van der Waals surface area contributed by atoms with Crippen molar-refractivity contribution >= 4 is 33.4 Å². The molecule has 3 rings (SSSR count). The third-order valence-electron chi connectivity index (χ3n) is 3.93. The molecule has 2 N–H and O–H groups in total. The Labute approximate surface area is 164 Å². The van der Waals surface area contributed by atoms with Gasteiger partial charge in [-0.15, -0.1) is 0 Å². The van der Waals surface area contributed by atoms with Gasteiger partial charge in [0.25, 0.3) is 10.0 Å². The third-order valence-corrected chi connectivity index (χ3v) is 6.29. The fourth-order valence-corrected chi connectivity index (χ4v) is 4.44. The zero-order valence-corrected chi connectivity index (χ0v) is 17.1. The van der Waals surface area contributed by atoms with E-state index in [1.165, 1.54) is 0 Å². The number of likely N-dealkylation sites (N-methyl/N-ethyl adjacent to an activating group) is 1. The predicted molar refractivity (Wildman–Crippen MR) is 110 cm³/mol. The van der Waals surface area contributed by atoms with E-state index in [9.17, 15) is 8.42 Å². The molecule has 0 atom stereocenters. The smallest absolute Gasteiger partial charge is 0.266 e. The maximum atomic E-state index is 12.2. The maximum Gasteiger partial charge on any atom is 0.266 e. The number of sulfonamides is 1. The van der Waals surface area contributed by atoms with Gasteiger partial charge in [-0.05, 0) is 38.4 Å². The van der Waals surface area contributed by atoms with E-state index in [1.54, 1.807) is 36.0 Å². The van der Waals surface area contributed by atoms with Crippen LogP contribution in [-0.2, 0) is 22.2 Å². The highest BCUT2D eigenvalue weighted by molar-refractivity contribution is 7.98. The van der Waals surface area contributed by atoms with Crippen LogP contribution in [0.1, 0.15) is 11.5 Å². The number of rotatable bonds is 8. The van der Waals surface area contributed by atoms with E-state index >= 15 is 0 Å². The van der Waals surface area contributed by atoms with Crippen molar-refractivity contribution in [2.45, 2.75) is 17.1 Å². The van der Waals surface area contributed by atoms with Gasteiger partial charge in [0.1, 0.15) is 16.4 Å². The van der Waals surface area contributed by atoms with E-state index in [0.717, 1.165) is 36.0 Å². The number of nitrogens with zero attached hydrogens (tertiary/aromatic N) is 2. The lowest BCUT2D eigenvalue weighted by molar-refractivity contribution is 0.385. The summed E-state index contributed by atoms with van der Waals surface area (Å²) in [5, 5.41) is 3.02. The van der Waals surface area contributed by atoms with Gasteiger partial charge in [-0.25, -0.2) is 13.1 Å². The topological polar surface area (TPSA) is 86.9 Å². The van der Waals surface area contributed by atoms with Crippen LogP contribution >= 0.6 is 11.8 Å². The van der Waals surface area contributed by atoms with Crippen LogP contribution < -0.4 is 10.0 Å². The standard InChI is InChI=1S/C18H24N4O3S2/c1-22(2)11-9-14-7-8-15(25-14)13-26-12-10-19-18-20-16-5-3-4-6-17(16)27(23,24)21-18/h3-8H,9-13H2,1-2H3,(H2,19,20,21). The maximum absolute atomic E-state index is 12.2. The number of benzene rings is 1. The highest BCUT2D eigenvalue weighted by Crippen LogP contribution is 2.23. The van der Waals surface area contributed by atoms with Gasteiger partial charge in [-0.3, -0.25) is 4.99 Å². The second-order valence-corrected chi connectivity index (χ2v) is 9.19. The van der Waals surface area contributed by atoms with E-state index in [0.29, 0.717) is 12.2 Å². The fourth-order valence-electron chi connectivity index (χ4n) is 2.57. The third kappa shape index (κ3) is 5.50. The van der Waals surface area contributed by atoms with E-state index in [1.807, 2.05) is 26.2 Å². The molecule has 0 fully saturated rings. The number of aliphatic imine (C=N–C) groups is 1. The summed E-state index contributed by atoms with van der Waals surface area (Å²) in [6.07, 6.45) is 0.901. The minimum Gasteiger partial charge on any atom is -0.465 e. The fraction of sp³-hybridized carbons (Fsp3) is 0.389. The van der Waals surface area contributed by atoms with Gasteiger partial charge in [0.15, 0.2) is 0 Å². The van der Waals surface area contributed by atoms with Crippen LogP contribution in [0.2, 0.25) is 0 Å². The summed E-state index contributed by atoms with van der Waals surface area (Å²) in [4.78, 5) is 6.69. The number of para-hydroxylation sites is 1. The van der Waals surface area contributed by atoms with E-state index in [2.05, 4.69) is 19.9 Å². The Morgan fingerprint density at radius 3 is 2.74 bits per heavy atom. The van der Waals surface area contributed by atoms with Crippen molar-refractivity contribution < 1.29 is 12.8 Å². The van der Waals surface area contributed by atoms with Crippen LogP contribution in [0.4, 0.5) is 5.69 Å². The number of hydrogen-bond donors (Lipinski definition) is 2. The molecule has 7 nitrogen and oxygen atoms in total. The average Bonchev–Trinajstić information content (AvgIpc) is 3.07. The molecular formula is C18H24N4O3S2. The Kier molecular flexibility index (Phi) is 6.46. The second-order valence-electron chi connectivity index (χ2n) is 6.43. The number of fused-ring (bicyclic) bond motifs is 1. The molecule has 0 saturated carbocycles. The first-order valence-electron chi connectivity index (χ1n) is 8.67. The van der Waals surface area contributed by atoms with Crippen molar-refractivity contribution in [2.75, 3.05) is 38.3 Å². The summed E-state index contributed by atoms with van der Waals surface area (Å²) in [6, 6.07) is 10.8. The number of anilines is 1. The first kappa shape index (κ1) is 19.8. The zero-order valence-electron chi connectivity index (χ0n) is 15.4. The molecule has 0 spiro atoms. The highest BCUT2D eigenvalue weighted by atomic mass is 32.2. The van der Waals surface area contributed by atoms with Gasteiger partial charge in [0.2, 0.25) is 5.96 Å². The normalized spacial score (nSPS) is 16.8. The lowest BCUT2D eigenvalue weighted by atomic mass is 10.3. The molecule has 9 heteroatoms. The van der Waals surface area contributed by atoms with Crippen molar-refractivity contribution in [1.82, 2.24) is 9.62 Å². The van der Waals surface area contributed by atoms with Gasteiger partial charge in [0, 0.05) is 18.7 Å². The Hall–Kier alpha value is -1.97. The molecule has 2 aromatic rings. The minimum absolute atomic E-state index is 0.237. The van der Waals surface area contributed by atoms with Crippen molar-refractivity contribution in [1.29, 1.82) is 0 Å². The predicted octanol–water partition coefficient (Wildman–Crippen LogP) is 2.38. The lowest BCUT2D eigenvalue weighted by Gasteiger charge is -2.21. The van der Waals surface area contributed by atoms with E-state index < -0.39 is 10.0 Å². The molecule has 1 aliphatic rings. The largest absolute Gasteiger partial charge is 0.465 e. The van der Waals surface area contributed by atoms with Crippen LogP contribution in [0.25, 0.3) is 0 Å². The van der Waals surface area contributed by atoms with Crippen LogP contribution in [-0.4, -0.2) is 52.2 Å². The molecule has 0 saturated heterocycles. The van der Waals surface area contributed by atoms with Crippen molar-refractivity contribution in [2.24, 2.45) is 4.99 Å². The van der Waals surface area contributed by atoms with Gasteiger partial charge in [-0.1, -0.05) is 12.1 Å². The first-order valence-corrected chi connectivity index (χ1v) is 11.3. The SMILES string of the molecule is CN(C)CCc1ccc(CSCCN=C2Nc3ccccc3S(=O)(=O)N2)o1. The van der Waals surface area contributed by atoms with Crippen LogP contribution in [0.5, 0.6) is 0 Å². The Morgan fingerprint density at radius 1 is 1.15 bits per heavy atom. The van der Waals surface area contributed by atoms with Crippen molar-refractivity contribution in [3.63, 3.8) is 0 Å². The molecule has 0 unspecified atom stereocenters. The van der Waals surface area contributed by atoms with Crippen LogP contribution in [0, 0.1) is 0 Å². The van der Waals surface area contributed by atoms with Crippen LogP contribution in [0.15, 0.2) is 50.7 Å². The van der Waals surface area contributed by atoms with Crippen LogP contribution in [0.3, 0.4) is 0 Å². The molecule has 1 aromatic carbocycles. The Morgan fingerprint density at radius 2 is 1.93 bits per heavy atom. The molecule has 1 aliphatic heterocycles. The number of thioether (sulfide) groups is 1. The quantitative estimate of drug-likeness (QED) is 0.652. The summed E-state index contributed by atoms with van der Waals surface area (Å²) in [7, 11) is 0.531. The number of nitrogens with one attached hydrogen (secondary N) is 2. The zero-order chi connectivity index (χ0) is 19.3. The summed E-state index contributed by atoms with van der Waals surface area (Å²) < 4.78 is 32.7. The van der Waals surface area contributed by atoms with Gasteiger partial charge < -0.3 is 14.6 Å². The minimum atomic E-state index is -3.55. The molecular weight excluding hydrogens is 384 g/mol. The van der Waals surface area contributed by atoms with Gasteiger partial charge in [0.05, 0.1) is 18.0 Å². The Balaban J connectivity index is 1.45. The highest BCUT2D eigenvalue weighted by Gasteiger charge is 2.25. The monoisotopic (exact) mass is 408 g/mol. The molecule has 0 radical (unpaired) electrons. The molecule has 27 heavy (non-hydrogen) atoms. The summed E-state index contributed by atoms with van der Waals surface area (Å²) in [5.41, 5.74) is 0.545. The average molecular weight is 409 g/mol. The Bertz CT molecular complexity index is 907. The molecule has 0 amide bonds. The number of furan rings is 1. The molecule has 0 aliphatic carbocycles. The van der Waals surface area contributed by atoms with Crippen molar-refractivity contribution in [3.05, 3.63) is 47.9 Å². The number of hydrogen-bond acceptors (Lipinski definition) is 6. The van der Waals surface area contributed by atoms with Gasteiger partial charge >= 0.3 is 0 Å². The van der Waals surface area contributed by atoms with E-state index in [-0.39, 0.29) is 10.9 Å².